The highest BCUT2D eigenvalue weighted by molar-refractivity contribution is 8.00. The molecule has 0 saturated carbocycles. The van der Waals surface area contributed by atoms with Crippen LogP contribution in [-0.4, -0.2) is 58.6 Å². The normalized spacial score (nSPS) is 15.0. The van der Waals surface area contributed by atoms with E-state index in [2.05, 4.69) is 46.8 Å². The number of carboxylic acids is 1. The van der Waals surface area contributed by atoms with Gasteiger partial charge in [-0.2, -0.15) is 0 Å². The maximum absolute atomic E-state index is 12.0. The Labute approximate surface area is 267 Å². The van der Waals surface area contributed by atoms with Gasteiger partial charge in [0.1, 0.15) is 32.4 Å². The van der Waals surface area contributed by atoms with Crippen molar-refractivity contribution in [2.24, 2.45) is 0 Å². The first-order valence-corrected chi connectivity index (χ1v) is 18.7. The summed E-state index contributed by atoms with van der Waals surface area (Å²) in [7, 11) is -2.02. The molecule has 0 bridgehead atoms. The molecule has 0 radical (unpaired) electrons. The maximum atomic E-state index is 12.0. The molecule has 4 atom stereocenters. The summed E-state index contributed by atoms with van der Waals surface area (Å²) in [5.74, 6) is -0.190. The molecule has 0 fully saturated rings. The van der Waals surface area contributed by atoms with Crippen LogP contribution in [0.3, 0.4) is 0 Å². The summed E-state index contributed by atoms with van der Waals surface area (Å²) < 4.78 is 30.2. The van der Waals surface area contributed by atoms with E-state index in [0.29, 0.717) is 18.1 Å². The molecule has 1 aromatic carbocycles. The molecule has 0 heterocycles. The Morgan fingerprint density at radius 1 is 0.814 bits per heavy atom. The van der Waals surface area contributed by atoms with Crippen LogP contribution in [0, 0.1) is 0 Å². The van der Waals surface area contributed by atoms with Crippen LogP contribution in [0.25, 0.3) is 0 Å². The van der Waals surface area contributed by atoms with Gasteiger partial charge in [0.25, 0.3) is 0 Å². The second-order valence-corrected chi connectivity index (χ2v) is 14.9. The Kier molecular flexibility index (Phi) is 21.7. The summed E-state index contributed by atoms with van der Waals surface area (Å²) in [6, 6.07) is 8.00. The first-order valence-electron chi connectivity index (χ1n) is 16.6. The van der Waals surface area contributed by atoms with Gasteiger partial charge in [0.2, 0.25) is 5.34 Å². The monoisotopic (exact) mass is 644 g/mol. The van der Waals surface area contributed by atoms with Crippen LogP contribution < -0.4 is 4.74 Å². The van der Waals surface area contributed by atoms with E-state index >= 15 is 0 Å². The Balaban J connectivity index is 2.79. The molecule has 0 saturated heterocycles. The largest absolute Gasteiger partial charge is 0.491 e. The lowest BCUT2D eigenvalue weighted by Crippen LogP contribution is -2.46. The second kappa shape index (κ2) is 23.3. The second-order valence-electron chi connectivity index (χ2n) is 12.6. The van der Waals surface area contributed by atoms with E-state index in [1.54, 1.807) is 0 Å². The smallest absolute Gasteiger partial charge is 0.346 e. The topological polar surface area (TPSA) is 102 Å². The van der Waals surface area contributed by atoms with Gasteiger partial charge in [-0.15, -0.1) is 11.8 Å². The Morgan fingerprint density at radius 2 is 1.35 bits per heavy atom. The number of rotatable bonds is 27. The number of benzene rings is 1. The lowest BCUT2D eigenvalue weighted by Gasteiger charge is -2.29. The third-order valence-electron chi connectivity index (χ3n) is 7.59. The summed E-state index contributed by atoms with van der Waals surface area (Å²) in [5.41, 5.74) is 0.0955. The first-order chi connectivity index (χ1) is 20.6. The van der Waals surface area contributed by atoms with Crippen molar-refractivity contribution < 1.29 is 33.8 Å². The van der Waals surface area contributed by atoms with Gasteiger partial charge in [0.05, 0.1) is 6.61 Å². The molecular formula is C34H61O7PS. The zero-order valence-electron chi connectivity index (χ0n) is 27.6. The Morgan fingerprint density at radius 3 is 1.86 bits per heavy atom. The SMILES string of the molecule is CCCCCCCCCCOC(COc1ccc(C(C)(C)C)cc1)COC(SCCCCCCCC)C(O)([PH2]=O)C(=O)O. The third kappa shape index (κ3) is 17.3. The summed E-state index contributed by atoms with van der Waals surface area (Å²) in [5, 5.41) is 18.1. The van der Waals surface area contributed by atoms with E-state index < -0.39 is 31.3 Å². The molecule has 250 valence electrons. The predicted octanol–water partition coefficient (Wildman–Crippen LogP) is 8.85. The van der Waals surface area contributed by atoms with E-state index in [-0.39, 0.29) is 18.6 Å². The zero-order valence-corrected chi connectivity index (χ0v) is 29.6. The van der Waals surface area contributed by atoms with Gasteiger partial charge < -0.3 is 29.0 Å². The minimum atomic E-state index is -2.43. The maximum Gasteiger partial charge on any atom is 0.346 e. The van der Waals surface area contributed by atoms with Crippen LogP contribution in [0.5, 0.6) is 5.75 Å². The van der Waals surface area contributed by atoms with Crippen molar-refractivity contribution in [2.45, 2.75) is 147 Å². The van der Waals surface area contributed by atoms with Crippen LogP contribution in [-0.2, 0) is 24.2 Å². The van der Waals surface area contributed by atoms with Gasteiger partial charge in [-0.05, 0) is 41.7 Å². The molecule has 9 heteroatoms. The molecule has 0 aliphatic carbocycles. The molecule has 0 aliphatic heterocycles. The number of aliphatic carboxylic acids is 1. The average molecular weight is 645 g/mol. The fourth-order valence-electron chi connectivity index (χ4n) is 4.65. The summed E-state index contributed by atoms with van der Waals surface area (Å²) >= 11 is 1.22. The van der Waals surface area contributed by atoms with Gasteiger partial charge in [0, 0.05) is 6.61 Å². The minimum Gasteiger partial charge on any atom is -0.491 e. The number of carboxylic acid groups (broad SMARTS) is 1. The summed E-state index contributed by atoms with van der Waals surface area (Å²) in [4.78, 5) is 11.9. The van der Waals surface area contributed by atoms with Crippen molar-refractivity contribution in [1.82, 2.24) is 0 Å². The number of carbonyl (C=O) groups is 1. The Hall–Kier alpha value is -1.05. The first kappa shape index (κ1) is 40.0. The molecule has 7 nitrogen and oxygen atoms in total. The van der Waals surface area contributed by atoms with Gasteiger partial charge in [0.15, 0.2) is 0 Å². The number of ether oxygens (including phenoxy) is 3. The highest BCUT2D eigenvalue weighted by Gasteiger charge is 2.45. The minimum absolute atomic E-state index is 0.0281. The average Bonchev–Trinajstić information content (AvgIpc) is 2.98. The van der Waals surface area contributed by atoms with Crippen LogP contribution in [0.2, 0.25) is 0 Å². The molecule has 4 unspecified atom stereocenters. The number of aliphatic hydroxyl groups is 1. The summed E-state index contributed by atoms with van der Waals surface area (Å²) in [6.45, 7) is 11.7. The zero-order chi connectivity index (χ0) is 32.0. The van der Waals surface area contributed by atoms with Gasteiger partial charge in [-0.3, -0.25) is 0 Å². The highest BCUT2D eigenvalue weighted by Crippen LogP contribution is 2.35. The molecule has 0 spiro atoms. The lowest BCUT2D eigenvalue weighted by atomic mass is 9.87. The van der Waals surface area contributed by atoms with Crippen LogP contribution in [0.1, 0.15) is 130 Å². The van der Waals surface area contributed by atoms with E-state index in [0.717, 1.165) is 32.1 Å². The third-order valence-corrected chi connectivity index (χ3v) is 10.1. The van der Waals surface area contributed by atoms with Crippen molar-refractivity contribution in [2.75, 3.05) is 25.6 Å². The van der Waals surface area contributed by atoms with Crippen molar-refractivity contribution in [1.29, 1.82) is 0 Å². The molecule has 0 aliphatic rings. The predicted molar refractivity (Wildman–Crippen MR) is 182 cm³/mol. The molecule has 0 aromatic heterocycles. The fraction of sp³-hybridized carbons (Fsp3) is 0.794. The summed E-state index contributed by atoms with van der Waals surface area (Å²) in [6.07, 6.45) is 15.7. The van der Waals surface area contributed by atoms with E-state index in [4.69, 9.17) is 14.2 Å². The van der Waals surface area contributed by atoms with E-state index in [1.807, 2.05) is 12.1 Å². The number of hydrogen-bond donors (Lipinski definition) is 2. The Bertz CT molecular complexity index is 861. The van der Waals surface area contributed by atoms with E-state index in [1.165, 1.54) is 75.1 Å². The van der Waals surface area contributed by atoms with Crippen LogP contribution in [0.15, 0.2) is 24.3 Å². The van der Waals surface area contributed by atoms with Crippen molar-refractivity contribution >= 4 is 26.2 Å². The molecular weight excluding hydrogens is 583 g/mol. The quantitative estimate of drug-likeness (QED) is 0.0556. The van der Waals surface area contributed by atoms with Crippen LogP contribution in [0.4, 0.5) is 0 Å². The number of thioether (sulfide) groups is 1. The van der Waals surface area contributed by atoms with Gasteiger partial charge in [-0.25, -0.2) is 4.79 Å². The molecule has 0 amide bonds. The van der Waals surface area contributed by atoms with Gasteiger partial charge in [-0.1, -0.05) is 124 Å². The van der Waals surface area contributed by atoms with Crippen molar-refractivity contribution in [3.8, 4) is 5.75 Å². The standard InChI is InChI=1S/C34H61O7PS/c1-6-8-10-12-14-15-16-18-24-39-30(26-40-29-22-20-28(21-23-29)33(3,4)5)27-41-32(34(37,42-38)31(35)36)43-25-19-17-13-11-9-7-2/h20-23,30,32,37H,6-19,24-27,42H2,1-5H3,(H,35,36). The van der Waals surface area contributed by atoms with Crippen LogP contribution >= 0.6 is 20.2 Å². The number of hydrogen-bond acceptors (Lipinski definition) is 7. The molecule has 1 aromatic rings. The van der Waals surface area contributed by atoms with Crippen molar-refractivity contribution in [3.05, 3.63) is 29.8 Å². The lowest BCUT2D eigenvalue weighted by molar-refractivity contribution is -0.157. The molecule has 1 rings (SSSR count). The number of unbranched alkanes of at least 4 members (excludes halogenated alkanes) is 12. The molecule has 2 N–H and O–H groups in total. The van der Waals surface area contributed by atoms with Gasteiger partial charge >= 0.3 is 5.97 Å². The van der Waals surface area contributed by atoms with Crippen molar-refractivity contribution in [3.63, 3.8) is 0 Å². The molecule has 43 heavy (non-hydrogen) atoms. The van der Waals surface area contributed by atoms with E-state index in [9.17, 15) is 19.6 Å². The highest BCUT2D eigenvalue weighted by atomic mass is 32.2. The fourth-order valence-corrected chi connectivity index (χ4v) is 6.53.